The van der Waals surface area contributed by atoms with Gasteiger partial charge in [0.05, 0.1) is 17.1 Å². The number of hydrogen-bond acceptors (Lipinski definition) is 3. The number of imidazole rings is 1. The number of nitrogens with zero attached hydrogens (tertiary/aromatic N) is 3. The minimum absolute atomic E-state index is 0.0788. The minimum atomic E-state index is 0.0788. The van der Waals surface area contributed by atoms with Gasteiger partial charge in [-0.3, -0.25) is 9.55 Å². The molecule has 1 atom stereocenters. The van der Waals surface area contributed by atoms with Gasteiger partial charge in [0, 0.05) is 23.7 Å². The Morgan fingerprint density at radius 1 is 0.962 bits per heavy atom. The molecule has 4 nitrogen and oxygen atoms in total. The van der Waals surface area contributed by atoms with Crippen molar-refractivity contribution in [3.8, 4) is 0 Å². The van der Waals surface area contributed by atoms with Crippen LogP contribution in [-0.4, -0.2) is 14.5 Å². The molecular weight excluding hydrogens is 320 g/mol. The molecule has 4 heteroatoms. The summed E-state index contributed by atoms with van der Waals surface area (Å²) in [6, 6.07) is 20.9. The van der Waals surface area contributed by atoms with E-state index in [2.05, 4.69) is 76.4 Å². The molecule has 1 aliphatic heterocycles. The molecule has 0 saturated carbocycles. The zero-order valence-electron chi connectivity index (χ0n) is 14.4. The quantitative estimate of drug-likeness (QED) is 0.571. The topological polar surface area (TPSA) is 42.7 Å². The van der Waals surface area contributed by atoms with Gasteiger partial charge in [-0.2, -0.15) is 0 Å². The lowest BCUT2D eigenvalue weighted by atomic mass is 9.97. The van der Waals surface area contributed by atoms with E-state index in [1.54, 1.807) is 6.20 Å². The maximum atomic E-state index is 4.83. The number of hydrogen-bond donors (Lipinski definition) is 1. The van der Waals surface area contributed by atoms with Gasteiger partial charge in [0.15, 0.2) is 0 Å². The molecule has 26 heavy (non-hydrogen) atoms. The SMILES string of the molecule is Cc1ccccc1[C@@H]1C=C(c2cccnc2)Nc2nc3ccccc3n21. The van der Waals surface area contributed by atoms with Crippen molar-refractivity contribution in [3.05, 3.63) is 95.8 Å². The highest BCUT2D eigenvalue weighted by Crippen LogP contribution is 2.37. The fraction of sp³-hybridized carbons (Fsp3) is 0.0909. The number of benzene rings is 2. The monoisotopic (exact) mass is 338 g/mol. The van der Waals surface area contributed by atoms with E-state index in [9.17, 15) is 0 Å². The van der Waals surface area contributed by atoms with Gasteiger partial charge >= 0.3 is 0 Å². The second kappa shape index (κ2) is 5.85. The summed E-state index contributed by atoms with van der Waals surface area (Å²) in [4.78, 5) is 9.09. The van der Waals surface area contributed by atoms with Crippen LogP contribution in [0.25, 0.3) is 16.7 Å². The molecule has 2 aromatic heterocycles. The van der Waals surface area contributed by atoms with Crippen molar-refractivity contribution in [2.24, 2.45) is 0 Å². The van der Waals surface area contributed by atoms with Crippen LogP contribution >= 0.6 is 0 Å². The van der Waals surface area contributed by atoms with E-state index in [-0.39, 0.29) is 6.04 Å². The van der Waals surface area contributed by atoms with Crippen molar-refractivity contribution in [3.63, 3.8) is 0 Å². The Kier molecular flexibility index (Phi) is 3.35. The van der Waals surface area contributed by atoms with E-state index in [1.165, 1.54) is 11.1 Å². The van der Waals surface area contributed by atoms with Crippen LogP contribution in [0.3, 0.4) is 0 Å². The van der Waals surface area contributed by atoms with Gasteiger partial charge in [0.1, 0.15) is 0 Å². The third-order valence-corrected chi connectivity index (χ3v) is 4.92. The number of fused-ring (bicyclic) bond motifs is 3. The molecule has 2 aromatic carbocycles. The average Bonchev–Trinajstić information content (AvgIpc) is 3.07. The highest BCUT2D eigenvalue weighted by Gasteiger charge is 2.26. The molecule has 5 rings (SSSR count). The number of para-hydroxylation sites is 2. The second-order valence-corrected chi connectivity index (χ2v) is 6.54. The maximum absolute atomic E-state index is 4.83. The molecule has 1 N–H and O–H groups in total. The Balaban J connectivity index is 1.76. The molecule has 1 aliphatic rings. The molecule has 0 radical (unpaired) electrons. The number of pyridine rings is 1. The van der Waals surface area contributed by atoms with E-state index in [1.807, 2.05) is 18.3 Å². The molecule has 0 amide bonds. The first kappa shape index (κ1) is 14.9. The van der Waals surface area contributed by atoms with Crippen LogP contribution in [-0.2, 0) is 0 Å². The lowest BCUT2D eigenvalue weighted by molar-refractivity contribution is 0.716. The zero-order valence-corrected chi connectivity index (χ0v) is 14.4. The maximum Gasteiger partial charge on any atom is 0.209 e. The van der Waals surface area contributed by atoms with Crippen LogP contribution in [0.5, 0.6) is 0 Å². The van der Waals surface area contributed by atoms with E-state index >= 15 is 0 Å². The standard InChI is InChI=1S/C22H18N4/c1-15-7-2-3-9-17(15)21-13-19(16-8-6-12-23-14-16)25-22-24-18-10-4-5-11-20(18)26(21)22/h2-14,21H,1H3,(H,24,25)/t21-/m0/s1. The fourth-order valence-electron chi connectivity index (χ4n) is 3.65. The predicted octanol–water partition coefficient (Wildman–Crippen LogP) is 4.80. The predicted molar refractivity (Wildman–Crippen MR) is 105 cm³/mol. The molecule has 126 valence electrons. The third-order valence-electron chi connectivity index (χ3n) is 4.92. The first-order valence-corrected chi connectivity index (χ1v) is 8.73. The summed E-state index contributed by atoms with van der Waals surface area (Å²) < 4.78 is 2.28. The Morgan fingerprint density at radius 2 is 1.81 bits per heavy atom. The largest absolute Gasteiger partial charge is 0.325 e. The molecule has 4 aromatic rings. The molecular formula is C22H18N4. The van der Waals surface area contributed by atoms with Crippen LogP contribution in [0.15, 0.2) is 79.1 Å². The van der Waals surface area contributed by atoms with Crippen molar-refractivity contribution in [1.82, 2.24) is 14.5 Å². The van der Waals surface area contributed by atoms with Gasteiger partial charge in [0.2, 0.25) is 5.95 Å². The summed E-state index contributed by atoms with van der Waals surface area (Å²) in [6.45, 7) is 2.16. The number of aryl methyl sites for hydroxylation is 1. The molecule has 0 spiro atoms. The van der Waals surface area contributed by atoms with E-state index in [0.29, 0.717) is 0 Å². The summed E-state index contributed by atoms with van der Waals surface area (Å²) in [5.41, 5.74) is 6.77. The molecule has 0 fully saturated rings. The highest BCUT2D eigenvalue weighted by atomic mass is 15.2. The van der Waals surface area contributed by atoms with Crippen LogP contribution in [0, 0.1) is 6.92 Å². The normalized spacial score (nSPS) is 16.0. The second-order valence-electron chi connectivity index (χ2n) is 6.54. The van der Waals surface area contributed by atoms with Crippen molar-refractivity contribution < 1.29 is 0 Å². The van der Waals surface area contributed by atoms with E-state index < -0.39 is 0 Å². The first-order valence-electron chi connectivity index (χ1n) is 8.73. The van der Waals surface area contributed by atoms with Gasteiger partial charge in [0.25, 0.3) is 0 Å². The van der Waals surface area contributed by atoms with Gasteiger partial charge in [-0.25, -0.2) is 4.98 Å². The smallest absolute Gasteiger partial charge is 0.209 e. The summed E-state index contributed by atoms with van der Waals surface area (Å²) in [6.07, 6.45) is 5.94. The first-order chi connectivity index (χ1) is 12.8. The van der Waals surface area contributed by atoms with Crippen molar-refractivity contribution in [2.45, 2.75) is 13.0 Å². The molecule has 0 aliphatic carbocycles. The lowest BCUT2D eigenvalue weighted by Crippen LogP contribution is -2.19. The van der Waals surface area contributed by atoms with Crippen molar-refractivity contribution in [1.29, 1.82) is 0 Å². The van der Waals surface area contributed by atoms with E-state index in [0.717, 1.165) is 28.2 Å². The molecule has 0 bridgehead atoms. The zero-order chi connectivity index (χ0) is 17.5. The fourth-order valence-corrected chi connectivity index (χ4v) is 3.65. The van der Waals surface area contributed by atoms with Crippen molar-refractivity contribution in [2.75, 3.05) is 5.32 Å². The Bertz CT molecular complexity index is 1130. The number of anilines is 1. The third kappa shape index (κ3) is 2.30. The van der Waals surface area contributed by atoms with E-state index in [4.69, 9.17) is 4.98 Å². The molecule has 0 unspecified atom stereocenters. The highest BCUT2D eigenvalue weighted by molar-refractivity contribution is 5.85. The van der Waals surface area contributed by atoms with Crippen molar-refractivity contribution >= 4 is 22.7 Å². The van der Waals surface area contributed by atoms with Crippen LogP contribution in [0.4, 0.5) is 5.95 Å². The molecule has 0 saturated heterocycles. The van der Waals surface area contributed by atoms with Crippen LogP contribution in [0.1, 0.15) is 22.7 Å². The summed E-state index contributed by atoms with van der Waals surface area (Å²) in [5.74, 6) is 0.862. The number of nitrogens with one attached hydrogen (secondary N) is 1. The lowest BCUT2D eigenvalue weighted by Gasteiger charge is -2.27. The molecule has 3 heterocycles. The number of aromatic nitrogens is 3. The minimum Gasteiger partial charge on any atom is -0.325 e. The summed E-state index contributed by atoms with van der Waals surface area (Å²) in [5, 5.41) is 3.49. The Morgan fingerprint density at radius 3 is 2.65 bits per heavy atom. The number of allylic oxidation sites excluding steroid dienone is 1. The average molecular weight is 338 g/mol. The van der Waals surface area contributed by atoms with Gasteiger partial charge < -0.3 is 5.32 Å². The van der Waals surface area contributed by atoms with Gasteiger partial charge in [-0.05, 0) is 48.4 Å². The van der Waals surface area contributed by atoms with Crippen LogP contribution < -0.4 is 5.32 Å². The Labute approximate surface area is 151 Å². The number of rotatable bonds is 2. The summed E-state index contributed by atoms with van der Waals surface area (Å²) >= 11 is 0. The summed E-state index contributed by atoms with van der Waals surface area (Å²) in [7, 11) is 0. The van der Waals surface area contributed by atoms with Crippen LogP contribution in [0.2, 0.25) is 0 Å². The van der Waals surface area contributed by atoms with Gasteiger partial charge in [-0.1, -0.05) is 36.4 Å². The van der Waals surface area contributed by atoms with Gasteiger partial charge in [-0.15, -0.1) is 0 Å². The Hall–Kier alpha value is -3.40.